The first-order valence-electron chi connectivity index (χ1n) is 0.855. The molecular weight excluding hydrogens is 221 g/mol. The third-order valence-electron chi connectivity index (χ3n) is 0. The van der Waals surface area contributed by atoms with Crippen LogP contribution < -0.4 is 0 Å². The summed E-state index contributed by atoms with van der Waals surface area (Å²) in [4.78, 5) is 14.3. The number of rotatable bonds is 0. The van der Waals surface area contributed by atoms with E-state index in [1.165, 1.54) is 0 Å². The fourth-order valence-electron chi connectivity index (χ4n) is 0. The monoisotopic (exact) mass is 224 g/mol. The van der Waals surface area contributed by atoms with Crippen molar-refractivity contribution in [3.8, 4) is 0 Å². The molecule has 0 radical (unpaired) electrons. The van der Waals surface area contributed by atoms with E-state index in [9.17, 15) is 0 Å². The van der Waals surface area contributed by atoms with E-state index >= 15 is 0 Å². The molecule has 0 rings (SSSR count). The second-order valence-electron chi connectivity index (χ2n) is 0.283. The average Bonchev–Trinajstić information content (AvgIpc) is 1.41. The topological polar surface area (TPSA) is 74.6 Å². The van der Waals surface area contributed by atoms with Crippen molar-refractivity contribution in [2.24, 2.45) is 0 Å². The molecule has 0 aromatic rings. The van der Waals surface area contributed by atoms with Crippen molar-refractivity contribution < 1.29 is 17.1 Å². The summed E-state index contributed by atoms with van der Waals surface area (Å²) in [6.07, 6.45) is 0. The molecule has 38 valence electrons. The molecule has 0 fully saturated rings. The van der Waals surface area contributed by atoms with Gasteiger partial charge in [-0.05, 0) is 0 Å². The summed E-state index contributed by atoms with van der Waals surface area (Å²) < 4.78 is 17.1. The molecule has 0 atom stereocenters. The van der Waals surface area contributed by atoms with Crippen LogP contribution in [0.5, 0.6) is 0 Å². The first-order valence-corrected chi connectivity index (χ1v) is 3.32. The van der Waals surface area contributed by atoms with Gasteiger partial charge in [0.05, 0.1) is 0 Å². The molecule has 0 bridgehead atoms. The Balaban J connectivity index is -0.0000000480. The molecule has 0 saturated heterocycles. The van der Waals surface area contributed by atoms with Gasteiger partial charge in [-0.15, -0.1) is 0 Å². The standard InChI is InChI=1S/Li.H2O3Si.O.Sb.2H/c;1-4(2)3;;;;/h;1-2H;;;;. The van der Waals surface area contributed by atoms with Crippen LogP contribution in [-0.2, 0) is 7.48 Å². The molecule has 7 heteroatoms. The zero-order valence-corrected chi connectivity index (χ0v) is 6.57. The summed E-state index contributed by atoms with van der Waals surface area (Å²) in [5.74, 6) is 0. The molecule has 0 aromatic heterocycles. The first-order chi connectivity index (χ1) is 2.73. The third kappa shape index (κ3) is 230. The molecule has 0 unspecified atom stereocenters. The van der Waals surface area contributed by atoms with Crippen LogP contribution >= 0.6 is 0 Å². The van der Waals surface area contributed by atoms with Crippen LogP contribution in [0, 0.1) is 0 Å². The quantitative estimate of drug-likeness (QED) is 0.430. The van der Waals surface area contributed by atoms with Gasteiger partial charge in [0.2, 0.25) is 0 Å². The molecule has 0 heterocycles. The van der Waals surface area contributed by atoms with Gasteiger partial charge in [-0.25, -0.2) is 0 Å². The molecule has 0 aliphatic carbocycles. The van der Waals surface area contributed by atoms with Crippen LogP contribution in [0.15, 0.2) is 0 Å². The average molecular weight is 225 g/mol. The van der Waals surface area contributed by atoms with E-state index in [1.807, 2.05) is 0 Å². The fraction of sp³-hybridized carbons (Fsp3) is 0. The molecule has 0 spiro atoms. The van der Waals surface area contributed by atoms with Crippen LogP contribution in [0.3, 0.4) is 0 Å². The van der Waals surface area contributed by atoms with Crippen molar-refractivity contribution in [3.05, 3.63) is 0 Å². The predicted molar refractivity (Wildman–Crippen MR) is 25.9 cm³/mol. The molecule has 0 saturated carbocycles. The Labute approximate surface area is 67.9 Å². The summed E-state index contributed by atoms with van der Waals surface area (Å²) >= 11 is 0.300. The second-order valence-corrected chi connectivity index (χ2v) is 0.848. The molecule has 0 amide bonds. The van der Waals surface area contributed by atoms with Gasteiger partial charge in [-0.2, -0.15) is 0 Å². The van der Waals surface area contributed by atoms with Gasteiger partial charge >= 0.3 is 54.1 Å². The second kappa shape index (κ2) is 15.8. The summed E-state index contributed by atoms with van der Waals surface area (Å²) in [7, 11) is -3.13. The van der Waals surface area contributed by atoms with E-state index in [0.29, 0.717) is 23.0 Å². The Kier molecular flexibility index (Phi) is 35.4. The first kappa shape index (κ1) is 15.7. The van der Waals surface area contributed by atoms with E-state index < -0.39 is 9.17 Å². The maximum absolute atomic E-state index is 8.74. The van der Waals surface area contributed by atoms with Crippen molar-refractivity contribution in [2.45, 2.75) is 0 Å². The van der Waals surface area contributed by atoms with E-state index in [-0.39, 0.29) is 18.9 Å². The minimum absolute atomic E-state index is 0. The fourth-order valence-corrected chi connectivity index (χ4v) is 0. The Morgan fingerprint density at radius 2 is 1.29 bits per heavy atom. The van der Waals surface area contributed by atoms with Gasteiger partial charge in [-0.3, -0.25) is 4.46 Å². The Bertz CT molecular complexity index is 43.0. The third-order valence-corrected chi connectivity index (χ3v) is 0. The van der Waals surface area contributed by atoms with Crippen LogP contribution in [-0.4, -0.2) is 60.6 Å². The molecular formula is H4LiO4SbSi. The van der Waals surface area contributed by atoms with Crippen LogP contribution in [0.1, 0.15) is 0 Å². The predicted octanol–water partition coefficient (Wildman–Crippen LogP) is -3.03. The Morgan fingerprint density at radius 1 is 1.29 bits per heavy atom. The molecule has 4 nitrogen and oxygen atoms in total. The van der Waals surface area contributed by atoms with Crippen LogP contribution in [0.25, 0.3) is 0 Å². The summed E-state index contributed by atoms with van der Waals surface area (Å²) in [5, 5.41) is 0. The van der Waals surface area contributed by atoms with E-state index in [0.717, 1.165) is 0 Å². The van der Waals surface area contributed by atoms with E-state index in [2.05, 4.69) is 0 Å². The molecule has 0 aliphatic rings. The zero-order valence-electron chi connectivity index (χ0n) is 2.71. The molecule has 2 N–H and O–H groups in total. The Hall–Kier alpha value is 0.832. The van der Waals surface area contributed by atoms with Crippen molar-refractivity contribution in [1.82, 2.24) is 0 Å². The summed E-state index contributed by atoms with van der Waals surface area (Å²) in [6, 6.07) is 0. The van der Waals surface area contributed by atoms with Gasteiger partial charge in [0.1, 0.15) is 0 Å². The van der Waals surface area contributed by atoms with Gasteiger partial charge in [0.15, 0.2) is 0 Å². The molecule has 0 aromatic carbocycles. The van der Waals surface area contributed by atoms with Crippen molar-refractivity contribution >= 4 is 51.0 Å². The van der Waals surface area contributed by atoms with E-state index in [1.54, 1.807) is 0 Å². The normalized spacial score (nSPS) is 4.00. The number of hydrogen-bond donors (Lipinski definition) is 2. The van der Waals surface area contributed by atoms with Crippen molar-refractivity contribution in [2.75, 3.05) is 0 Å². The summed E-state index contributed by atoms with van der Waals surface area (Å²) in [6.45, 7) is 0. The zero-order chi connectivity index (χ0) is 5.58. The van der Waals surface area contributed by atoms with Crippen LogP contribution in [0.2, 0.25) is 0 Å². The summed E-state index contributed by atoms with van der Waals surface area (Å²) in [5.41, 5.74) is 0. The minimum atomic E-state index is -3.13. The van der Waals surface area contributed by atoms with Crippen molar-refractivity contribution in [1.29, 1.82) is 0 Å². The SMILES string of the molecule is O=[Si](O)O.[LiH].[O]=[SbH]. The van der Waals surface area contributed by atoms with Gasteiger partial charge in [0.25, 0.3) is 0 Å². The number of hydrogen-bond acceptors (Lipinski definition) is 2. The molecule has 0 aliphatic heterocycles. The maximum atomic E-state index is 8.74. The van der Waals surface area contributed by atoms with E-state index in [4.69, 9.17) is 17.1 Å². The Morgan fingerprint density at radius 3 is 1.29 bits per heavy atom. The van der Waals surface area contributed by atoms with Gasteiger partial charge in [0, 0.05) is 0 Å². The van der Waals surface area contributed by atoms with Crippen molar-refractivity contribution in [3.63, 3.8) is 0 Å². The molecule has 7 heavy (non-hydrogen) atoms. The van der Waals surface area contributed by atoms with Gasteiger partial charge in [-0.1, -0.05) is 0 Å². The van der Waals surface area contributed by atoms with Crippen LogP contribution in [0.4, 0.5) is 0 Å². The van der Waals surface area contributed by atoms with Gasteiger partial charge < -0.3 is 9.59 Å².